The molecule has 2 aliphatic heterocycles. The number of hydrogen-bond acceptors (Lipinski definition) is 8. The second-order valence-corrected chi connectivity index (χ2v) is 13.9. The van der Waals surface area contributed by atoms with Crippen LogP contribution in [0.3, 0.4) is 0 Å². The van der Waals surface area contributed by atoms with Gasteiger partial charge in [-0.25, -0.2) is 14.4 Å². The second kappa shape index (κ2) is 8.74. The lowest BCUT2D eigenvalue weighted by atomic mass is 9.81. The van der Waals surface area contributed by atoms with Crippen LogP contribution in [0.2, 0.25) is 5.04 Å². The fourth-order valence-electron chi connectivity index (χ4n) is 4.98. The molecule has 184 valence electrons. The molecular formula is C26H28O8Si. The van der Waals surface area contributed by atoms with Gasteiger partial charge in [-0.3, -0.25) is 0 Å². The van der Waals surface area contributed by atoms with Gasteiger partial charge in [0.05, 0.1) is 13.7 Å². The molecule has 1 N–H and O–H groups in total. The number of carbonyl (C=O) groups is 3. The number of ether oxygens (including phenoxy) is 3. The predicted molar refractivity (Wildman–Crippen MR) is 128 cm³/mol. The van der Waals surface area contributed by atoms with E-state index in [2.05, 4.69) is 20.8 Å². The molecule has 3 atom stereocenters. The topological polar surface area (TPSA) is 108 Å². The van der Waals surface area contributed by atoms with Crippen molar-refractivity contribution in [3.8, 4) is 0 Å². The minimum absolute atomic E-state index is 0.336. The van der Waals surface area contributed by atoms with E-state index in [9.17, 15) is 19.5 Å². The summed E-state index contributed by atoms with van der Waals surface area (Å²) in [5.41, 5.74) is -4.97. The van der Waals surface area contributed by atoms with Gasteiger partial charge in [-0.05, 0) is 21.5 Å². The number of hydrogen-bond donors (Lipinski definition) is 1. The predicted octanol–water partition coefficient (Wildman–Crippen LogP) is 1.24. The Labute approximate surface area is 204 Å². The van der Waals surface area contributed by atoms with Crippen LogP contribution >= 0.6 is 0 Å². The van der Waals surface area contributed by atoms with Gasteiger partial charge in [-0.1, -0.05) is 81.4 Å². The monoisotopic (exact) mass is 496 g/mol. The summed E-state index contributed by atoms with van der Waals surface area (Å²) >= 11 is 0. The van der Waals surface area contributed by atoms with Crippen molar-refractivity contribution in [2.24, 2.45) is 0 Å². The Balaban J connectivity index is 1.81. The molecule has 2 aromatic carbocycles. The van der Waals surface area contributed by atoms with Crippen LogP contribution in [-0.2, 0) is 33.0 Å². The molecule has 2 aromatic rings. The van der Waals surface area contributed by atoms with E-state index in [-0.39, 0.29) is 6.61 Å². The Morgan fingerprint density at radius 1 is 1.03 bits per heavy atom. The van der Waals surface area contributed by atoms with Crippen molar-refractivity contribution in [1.29, 1.82) is 0 Å². The van der Waals surface area contributed by atoms with E-state index < -0.39 is 48.6 Å². The van der Waals surface area contributed by atoms with Crippen LogP contribution < -0.4 is 10.4 Å². The molecular weight excluding hydrogens is 468 g/mol. The molecule has 2 heterocycles. The highest BCUT2D eigenvalue weighted by Crippen LogP contribution is 2.45. The van der Waals surface area contributed by atoms with Gasteiger partial charge in [-0.15, -0.1) is 0 Å². The van der Waals surface area contributed by atoms with E-state index in [1.54, 1.807) is 0 Å². The lowest BCUT2D eigenvalue weighted by Gasteiger charge is -2.44. The highest BCUT2D eigenvalue weighted by molar-refractivity contribution is 6.99. The molecule has 0 bridgehead atoms. The molecule has 0 radical (unpaired) electrons. The maximum atomic E-state index is 12.9. The van der Waals surface area contributed by atoms with Crippen molar-refractivity contribution in [3.05, 3.63) is 72.8 Å². The van der Waals surface area contributed by atoms with Gasteiger partial charge >= 0.3 is 17.9 Å². The number of methoxy groups -OCH3 is 1. The van der Waals surface area contributed by atoms with Gasteiger partial charge in [0.25, 0.3) is 19.5 Å². The zero-order valence-electron chi connectivity index (χ0n) is 20.0. The Bertz CT molecular complexity index is 1120. The van der Waals surface area contributed by atoms with E-state index in [0.717, 1.165) is 29.6 Å². The standard InChI is InChI=1S/C26H28O8Si/c1-24(2,3)35(18-11-7-5-8-12-18,19-13-9-6-10-14-19)32-17-20-26(30,23(29)31-4)25(22(28)33-20)16-15-21(27)34-25/h5-16,20,30H,17H2,1-4H3/t20-,25+,26-/m1/s1. The van der Waals surface area contributed by atoms with Crippen LogP contribution in [0.1, 0.15) is 20.8 Å². The van der Waals surface area contributed by atoms with Gasteiger partial charge in [0.2, 0.25) is 0 Å². The minimum Gasteiger partial charge on any atom is -0.467 e. The first-order valence-corrected chi connectivity index (χ1v) is 13.1. The molecule has 0 unspecified atom stereocenters. The first kappa shape index (κ1) is 24.8. The Hall–Kier alpha value is -3.27. The van der Waals surface area contributed by atoms with Gasteiger partial charge in [0.1, 0.15) is 0 Å². The number of rotatable bonds is 6. The molecule has 4 rings (SSSR count). The highest BCUT2D eigenvalue weighted by atomic mass is 28.4. The highest BCUT2D eigenvalue weighted by Gasteiger charge is 2.76. The Morgan fingerprint density at radius 2 is 1.57 bits per heavy atom. The van der Waals surface area contributed by atoms with E-state index in [4.69, 9.17) is 18.6 Å². The summed E-state index contributed by atoms with van der Waals surface area (Å²) in [5, 5.41) is 13.1. The van der Waals surface area contributed by atoms with Gasteiger partial charge in [0, 0.05) is 6.08 Å². The summed E-state index contributed by atoms with van der Waals surface area (Å²) in [5.74, 6) is -3.11. The van der Waals surface area contributed by atoms with Crippen molar-refractivity contribution in [2.45, 2.75) is 43.1 Å². The molecule has 9 heteroatoms. The van der Waals surface area contributed by atoms with Crippen molar-refractivity contribution < 1.29 is 38.1 Å². The quantitative estimate of drug-likeness (QED) is 0.362. The maximum absolute atomic E-state index is 12.9. The third-order valence-electron chi connectivity index (χ3n) is 6.67. The Kier molecular flexibility index (Phi) is 6.21. The lowest BCUT2D eigenvalue weighted by molar-refractivity contribution is -0.194. The SMILES string of the molecule is COC(=O)[C@]1(O)[C@@H](CO[Si](c2ccccc2)(c2ccccc2)C(C)(C)C)OC(=O)[C@@]12C=CC(=O)O2. The molecule has 0 amide bonds. The molecule has 0 saturated carbocycles. The average Bonchev–Trinajstić information content (AvgIpc) is 3.34. The molecule has 2 aliphatic rings. The molecule has 0 aromatic heterocycles. The van der Waals surface area contributed by atoms with Crippen LogP contribution in [0.5, 0.6) is 0 Å². The van der Waals surface area contributed by atoms with Crippen molar-refractivity contribution in [3.63, 3.8) is 0 Å². The number of cyclic esters (lactones) is 1. The second-order valence-electron chi connectivity index (χ2n) is 9.62. The summed E-state index contributed by atoms with van der Waals surface area (Å²) in [6.45, 7) is 5.86. The van der Waals surface area contributed by atoms with Crippen LogP contribution in [0, 0.1) is 0 Å². The third-order valence-corrected chi connectivity index (χ3v) is 11.7. The summed E-state index contributed by atoms with van der Waals surface area (Å²) < 4.78 is 22.1. The fourth-order valence-corrected chi connectivity index (χ4v) is 9.54. The van der Waals surface area contributed by atoms with E-state index in [1.165, 1.54) is 0 Å². The summed E-state index contributed by atoms with van der Waals surface area (Å²) in [6.07, 6.45) is 0.525. The van der Waals surface area contributed by atoms with Gasteiger partial charge < -0.3 is 23.7 Å². The van der Waals surface area contributed by atoms with Crippen molar-refractivity contribution in [1.82, 2.24) is 0 Å². The number of benzene rings is 2. The van der Waals surface area contributed by atoms with Crippen LogP contribution in [0.15, 0.2) is 72.8 Å². The van der Waals surface area contributed by atoms with E-state index in [0.29, 0.717) is 0 Å². The third kappa shape index (κ3) is 3.62. The first-order valence-electron chi connectivity index (χ1n) is 11.2. The molecule has 35 heavy (non-hydrogen) atoms. The summed E-state index contributed by atoms with van der Waals surface area (Å²) in [7, 11) is -2.02. The minimum atomic E-state index is -3.09. The van der Waals surface area contributed by atoms with Crippen LogP contribution in [0.4, 0.5) is 0 Å². The zero-order chi connectivity index (χ0) is 25.5. The zero-order valence-corrected chi connectivity index (χ0v) is 21.0. The largest absolute Gasteiger partial charge is 0.467 e. The summed E-state index contributed by atoms with van der Waals surface area (Å²) in [4.78, 5) is 37.6. The van der Waals surface area contributed by atoms with Crippen LogP contribution in [-0.4, -0.2) is 62.4 Å². The van der Waals surface area contributed by atoms with E-state index in [1.807, 2.05) is 60.7 Å². The van der Waals surface area contributed by atoms with E-state index >= 15 is 0 Å². The molecule has 1 fully saturated rings. The van der Waals surface area contributed by atoms with Gasteiger partial charge in [0.15, 0.2) is 6.10 Å². The molecule has 1 saturated heterocycles. The lowest BCUT2D eigenvalue weighted by Crippen LogP contribution is -2.69. The molecule has 1 spiro atoms. The summed E-state index contributed by atoms with van der Waals surface area (Å²) in [6, 6.07) is 19.5. The fraction of sp³-hybridized carbons (Fsp3) is 0.346. The first-order chi connectivity index (χ1) is 16.5. The molecule has 8 nitrogen and oxygen atoms in total. The normalized spacial score (nSPS) is 26.0. The van der Waals surface area contributed by atoms with Crippen LogP contribution in [0.25, 0.3) is 0 Å². The number of esters is 3. The smallest absolute Gasteiger partial charge is 0.359 e. The Morgan fingerprint density at radius 3 is 2.00 bits per heavy atom. The van der Waals surface area contributed by atoms with Gasteiger partial charge in [-0.2, -0.15) is 0 Å². The molecule has 0 aliphatic carbocycles. The van der Waals surface area contributed by atoms with Crippen molar-refractivity contribution in [2.75, 3.05) is 13.7 Å². The number of aliphatic hydroxyl groups is 1. The number of carbonyl (C=O) groups excluding carboxylic acids is 3. The average molecular weight is 497 g/mol. The maximum Gasteiger partial charge on any atom is 0.359 e. The van der Waals surface area contributed by atoms with Crippen molar-refractivity contribution >= 4 is 36.6 Å².